The lowest BCUT2D eigenvalue weighted by atomic mass is 9.94. The maximum atomic E-state index is 12.8. The van der Waals surface area contributed by atoms with Gasteiger partial charge in [0.2, 0.25) is 11.8 Å². The minimum absolute atomic E-state index is 0.216. The van der Waals surface area contributed by atoms with E-state index in [4.69, 9.17) is 5.73 Å². The average molecular weight is 317 g/mol. The first-order valence-corrected chi connectivity index (χ1v) is 8.38. The smallest absolute Gasteiger partial charge is 0.250 e. The van der Waals surface area contributed by atoms with Gasteiger partial charge in [-0.1, -0.05) is 37.5 Å². The predicted molar refractivity (Wildman–Crippen MR) is 92.1 cm³/mol. The highest BCUT2D eigenvalue weighted by Crippen LogP contribution is 2.22. The van der Waals surface area contributed by atoms with Crippen LogP contribution in [-0.4, -0.2) is 42.4 Å². The molecule has 2 amide bonds. The number of anilines is 1. The van der Waals surface area contributed by atoms with Crippen molar-refractivity contribution in [3.05, 3.63) is 30.3 Å². The van der Waals surface area contributed by atoms with Crippen molar-refractivity contribution in [1.29, 1.82) is 0 Å². The second kappa shape index (κ2) is 8.22. The molecule has 1 aliphatic carbocycles. The minimum Gasteiger partial charge on any atom is -0.320 e. The van der Waals surface area contributed by atoms with Crippen LogP contribution in [0.3, 0.4) is 0 Å². The Morgan fingerprint density at radius 2 is 1.78 bits per heavy atom. The number of imide groups is 1. The summed E-state index contributed by atoms with van der Waals surface area (Å²) in [5.74, 6) is -0.579. The quantitative estimate of drug-likeness (QED) is 0.904. The molecule has 1 aliphatic rings. The van der Waals surface area contributed by atoms with Crippen LogP contribution in [-0.2, 0) is 9.59 Å². The van der Waals surface area contributed by atoms with Crippen molar-refractivity contribution in [2.45, 2.75) is 51.1 Å². The number of amides is 2. The summed E-state index contributed by atoms with van der Waals surface area (Å²) in [5, 5.41) is 0. The van der Waals surface area contributed by atoms with Gasteiger partial charge in [-0.3, -0.25) is 14.5 Å². The Hall–Kier alpha value is -1.72. The fraction of sp³-hybridized carbons (Fsp3) is 0.556. The Labute approximate surface area is 138 Å². The first-order chi connectivity index (χ1) is 11.0. The van der Waals surface area contributed by atoms with Crippen molar-refractivity contribution in [2.75, 3.05) is 18.5 Å². The lowest BCUT2D eigenvalue weighted by molar-refractivity contribution is -0.127. The highest BCUT2D eigenvalue weighted by molar-refractivity contribution is 6.17. The number of nitrogens with two attached hydrogens (primary N) is 1. The van der Waals surface area contributed by atoms with Gasteiger partial charge in [0, 0.05) is 6.04 Å². The first kappa shape index (κ1) is 17.6. The van der Waals surface area contributed by atoms with Crippen molar-refractivity contribution in [3.8, 4) is 0 Å². The van der Waals surface area contributed by atoms with Gasteiger partial charge in [-0.25, -0.2) is 4.90 Å². The van der Waals surface area contributed by atoms with Gasteiger partial charge in [0.25, 0.3) is 0 Å². The van der Waals surface area contributed by atoms with Gasteiger partial charge in [0.05, 0.1) is 18.3 Å². The van der Waals surface area contributed by atoms with E-state index in [1.807, 2.05) is 25.2 Å². The van der Waals surface area contributed by atoms with E-state index in [0.29, 0.717) is 11.7 Å². The Morgan fingerprint density at radius 1 is 1.17 bits per heavy atom. The Bertz CT molecular complexity index is 524. The molecule has 1 aromatic carbocycles. The summed E-state index contributed by atoms with van der Waals surface area (Å²) in [6.45, 7) is 1.84. The standard InChI is InChI=1S/C18H27N3O2/c1-14(19)18(23)21(16-11-7-4-8-12-16)17(22)13-20(2)15-9-5-3-6-10-15/h4,7-8,11-12,14-15H,3,5-6,9-10,13,19H2,1-2H3/t14-/m0/s1. The zero-order chi connectivity index (χ0) is 16.8. The molecule has 0 spiro atoms. The molecule has 0 bridgehead atoms. The number of likely N-dealkylation sites (N-methyl/N-ethyl adjacent to an activating group) is 1. The molecule has 1 fully saturated rings. The highest BCUT2D eigenvalue weighted by atomic mass is 16.2. The van der Waals surface area contributed by atoms with Crippen molar-refractivity contribution < 1.29 is 9.59 Å². The number of nitrogens with zero attached hydrogens (tertiary/aromatic N) is 2. The molecule has 1 saturated carbocycles. The van der Waals surface area contributed by atoms with Gasteiger partial charge < -0.3 is 5.73 Å². The second-order valence-electron chi connectivity index (χ2n) is 6.40. The predicted octanol–water partition coefficient (Wildman–Crippen LogP) is 2.16. The molecule has 0 saturated heterocycles. The van der Waals surface area contributed by atoms with Crippen LogP contribution in [0.1, 0.15) is 39.0 Å². The van der Waals surface area contributed by atoms with Gasteiger partial charge in [-0.05, 0) is 38.9 Å². The third-order valence-corrected chi connectivity index (χ3v) is 4.46. The maximum absolute atomic E-state index is 12.8. The molecule has 0 unspecified atom stereocenters. The van der Waals surface area contributed by atoms with Crippen LogP contribution in [0.2, 0.25) is 0 Å². The minimum atomic E-state index is -0.709. The Balaban J connectivity index is 2.11. The SMILES string of the molecule is C[C@H](N)C(=O)N(C(=O)CN(C)C1CCCCC1)c1ccccc1. The number of hydrogen-bond donors (Lipinski definition) is 1. The summed E-state index contributed by atoms with van der Waals surface area (Å²) in [4.78, 5) is 28.5. The van der Waals surface area contributed by atoms with Gasteiger partial charge in [-0.2, -0.15) is 0 Å². The molecule has 0 heterocycles. The lowest BCUT2D eigenvalue weighted by Gasteiger charge is -2.32. The summed E-state index contributed by atoms with van der Waals surface area (Å²) < 4.78 is 0. The lowest BCUT2D eigenvalue weighted by Crippen LogP contribution is -2.50. The third-order valence-electron chi connectivity index (χ3n) is 4.46. The molecule has 2 rings (SSSR count). The second-order valence-corrected chi connectivity index (χ2v) is 6.40. The van der Waals surface area contributed by atoms with Gasteiger partial charge in [0.1, 0.15) is 0 Å². The van der Waals surface area contributed by atoms with Crippen molar-refractivity contribution in [2.24, 2.45) is 5.73 Å². The zero-order valence-electron chi connectivity index (χ0n) is 14.1. The van der Waals surface area contributed by atoms with E-state index in [1.165, 1.54) is 24.2 Å². The summed E-state index contributed by atoms with van der Waals surface area (Å²) in [7, 11) is 1.97. The third kappa shape index (κ3) is 4.62. The number of hydrogen-bond acceptors (Lipinski definition) is 4. The molecule has 2 N–H and O–H groups in total. The molecule has 5 heteroatoms. The van der Waals surface area contributed by atoms with E-state index in [1.54, 1.807) is 19.1 Å². The summed E-state index contributed by atoms with van der Waals surface area (Å²) in [5.41, 5.74) is 6.31. The summed E-state index contributed by atoms with van der Waals surface area (Å²) >= 11 is 0. The van der Waals surface area contributed by atoms with Crippen LogP contribution in [0.25, 0.3) is 0 Å². The van der Waals surface area contributed by atoms with Crippen LogP contribution in [0.15, 0.2) is 30.3 Å². The van der Waals surface area contributed by atoms with E-state index < -0.39 is 6.04 Å². The fourth-order valence-corrected chi connectivity index (χ4v) is 3.11. The molecule has 0 aromatic heterocycles. The zero-order valence-corrected chi connectivity index (χ0v) is 14.1. The van der Waals surface area contributed by atoms with Gasteiger partial charge in [-0.15, -0.1) is 0 Å². The van der Waals surface area contributed by atoms with E-state index in [9.17, 15) is 9.59 Å². The molecule has 0 aliphatic heterocycles. The van der Waals surface area contributed by atoms with Crippen LogP contribution in [0.5, 0.6) is 0 Å². The van der Waals surface area contributed by atoms with Crippen molar-refractivity contribution >= 4 is 17.5 Å². The van der Waals surface area contributed by atoms with E-state index in [2.05, 4.69) is 4.90 Å². The van der Waals surface area contributed by atoms with E-state index >= 15 is 0 Å². The molecular weight excluding hydrogens is 290 g/mol. The average Bonchev–Trinajstić information content (AvgIpc) is 2.56. The molecule has 1 aromatic rings. The number of carbonyl (C=O) groups excluding carboxylic acids is 2. The van der Waals surface area contributed by atoms with Crippen LogP contribution >= 0.6 is 0 Å². The normalized spacial score (nSPS) is 17.0. The first-order valence-electron chi connectivity index (χ1n) is 8.38. The summed E-state index contributed by atoms with van der Waals surface area (Å²) in [6.07, 6.45) is 5.94. The van der Waals surface area contributed by atoms with E-state index in [-0.39, 0.29) is 18.4 Å². The van der Waals surface area contributed by atoms with Crippen LogP contribution in [0, 0.1) is 0 Å². The van der Waals surface area contributed by atoms with Crippen LogP contribution < -0.4 is 10.6 Å². The highest BCUT2D eigenvalue weighted by Gasteiger charge is 2.28. The molecule has 23 heavy (non-hydrogen) atoms. The largest absolute Gasteiger partial charge is 0.320 e. The van der Waals surface area contributed by atoms with E-state index in [0.717, 1.165) is 12.8 Å². The topological polar surface area (TPSA) is 66.6 Å². The Kier molecular flexibility index (Phi) is 6.30. The molecule has 126 valence electrons. The number of rotatable bonds is 5. The summed E-state index contributed by atoms with van der Waals surface area (Å²) in [6, 6.07) is 8.73. The molecule has 0 radical (unpaired) electrons. The van der Waals surface area contributed by atoms with Gasteiger partial charge >= 0.3 is 0 Å². The molecular formula is C18H27N3O2. The number of para-hydroxylation sites is 1. The monoisotopic (exact) mass is 317 g/mol. The number of benzene rings is 1. The maximum Gasteiger partial charge on any atom is 0.250 e. The number of carbonyl (C=O) groups is 2. The Morgan fingerprint density at radius 3 is 2.35 bits per heavy atom. The van der Waals surface area contributed by atoms with Gasteiger partial charge in [0.15, 0.2) is 0 Å². The van der Waals surface area contributed by atoms with Crippen molar-refractivity contribution in [1.82, 2.24) is 4.90 Å². The molecule has 1 atom stereocenters. The van der Waals surface area contributed by atoms with Crippen molar-refractivity contribution in [3.63, 3.8) is 0 Å². The fourth-order valence-electron chi connectivity index (χ4n) is 3.11. The molecule has 5 nitrogen and oxygen atoms in total. The van der Waals surface area contributed by atoms with Crippen LogP contribution in [0.4, 0.5) is 5.69 Å².